The van der Waals surface area contributed by atoms with Crippen molar-refractivity contribution in [1.29, 1.82) is 0 Å². The summed E-state index contributed by atoms with van der Waals surface area (Å²) >= 11 is 1.32. The van der Waals surface area contributed by atoms with Gasteiger partial charge in [-0.2, -0.15) is 4.98 Å². The number of hydrogen-bond donors (Lipinski definition) is 2. The van der Waals surface area contributed by atoms with Crippen molar-refractivity contribution in [3.63, 3.8) is 0 Å². The largest absolute Gasteiger partial charge is 0.375 e. The van der Waals surface area contributed by atoms with Crippen molar-refractivity contribution in [3.05, 3.63) is 23.3 Å². The van der Waals surface area contributed by atoms with Crippen molar-refractivity contribution in [2.45, 2.75) is 12.8 Å². The predicted octanol–water partition coefficient (Wildman–Crippen LogP) is 0.00970. The van der Waals surface area contributed by atoms with Crippen LogP contribution in [-0.2, 0) is 17.6 Å². The topological polar surface area (TPSA) is 107 Å². The van der Waals surface area contributed by atoms with Gasteiger partial charge in [0.25, 0.3) is 0 Å². The maximum Gasteiger partial charge on any atom is 0.226 e. The van der Waals surface area contributed by atoms with Gasteiger partial charge in [0.2, 0.25) is 12.3 Å². The van der Waals surface area contributed by atoms with Gasteiger partial charge in [0.1, 0.15) is 0 Å². The average Bonchev–Trinajstić information content (AvgIpc) is 2.90. The lowest BCUT2D eigenvalue weighted by atomic mass is 10.3. The maximum atomic E-state index is 11.5. The molecule has 17 heavy (non-hydrogen) atoms. The molecule has 1 amide bonds. The molecule has 3 N–H and O–H groups in total. The molecular weight excluding hydrogens is 242 g/mol. The van der Waals surface area contributed by atoms with Gasteiger partial charge in [-0.3, -0.25) is 4.79 Å². The van der Waals surface area contributed by atoms with Crippen LogP contribution >= 0.6 is 11.3 Å². The van der Waals surface area contributed by atoms with E-state index in [-0.39, 0.29) is 12.3 Å². The molecule has 7 nitrogen and oxygen atoms in total. The lowest BCUT2D eigenvalue weighted by Gasteiger charge is -2.01. The molecule has 0 atom stereocenters. The van der Waals surface area contributed by atoms with Gasteiger partial charge < -0.3 is 15.6 Å². The van der Waals surface area contributed by atoms with E-state index in [0.29, 0.717) is 29.6 Å². The molecule has 0 radical (unpaired) electrons. The van der Waals surface area contributed by atoms with Gasteiger partial charge in [-0.25, -0.2) is 4.98 Å². The molecule has 2 heterocycles. The smallest absolute Gasteiger partial charge is 0.226 e. The number of carbonyl (C=O) groups is 1. The highest BCUT2D eigenvalue weighted by Gasteiger charge is 2.06. The fraction of sp³-hybridized carbons (Fsp3) is 0.333. The highest BCUT2D eigenvalue weighted by atomic mass is 32.1. The number of nitrogens with one attached hydrogen (secondary N) is 1. The summed E-state index contributed by atoms with van der Waals surface area (Å²) < 4.78 is 4.57. The zero-order chi connectivity index (χ0) is 12.1. The summed E-state index contributed by atoms with van der Waals surface area (Å²) in [6.45, 7) is 0.470. The monoisotopic (exact) mass is 253 g/mol. The molecular formula is C9H11N5O2S. The van der Waals surface area contributed by atoms with Crippen LogP contribution in [-0.4, -0.2) is 27.6 Å². The first-order chi connectivity index (χ1) is 8.24. The third-order valence-electron chi connectivity index (χ3n) is 1.99. The van der Waals surface area contributed by atoms with E-state index < -0.39 is 0 Å². The predicted molar refractivity (Wildman–Crippen MR) is 61.2 cm³/mol. The Bertz CT molecular complexity index is 481. The van der Waals surface area contributed by atoms with Gasteiger partial charge in [0, 0.05) is 18.3 Å². The summed E-state index contributed by atoms with van der Waals surface area (Å²) in [5, 5.41) is 8.62. The van der Waals surface area contributed by atoms with Crippen LogP contribution in [0.3, 0.4) is 0 Å². The first kappa shape index (κ1) is 11.5. The Balaban J connectivity index is 1.71. The van der Waals surface area contributed by atoms with E-state index in [0.717, 1.165) is 0 Å². The summed E-state index contributed by atoms with van der Waals surface area (Å²) in [4.78, 5) is 19.3. The normalized spacial score (nSPS) is 10.4. The summed E-state index contributed by atoms with van der Waals surface area (Å²) in [6, 6.07) is 0. The summed E-state index contributed by atoms with van der Waals surface area (Å²) in [5.41, 5.74) is 6.15. The van der Waals surface area contributed by atoms with Crippen LogP contribution in [0.1, 0.15) is 11.5 Å². The highest BCUT2D eigenvalue weighted by molar-refractivity contribution is 7.13. The van der Waals surface area contributed by atoms with Crippen LogP contribution in [0.2, 0.25) is 0 Å². The van der Waals surface area contributed by atoms with Crippen LogP contribution in [0.5, 0.6) is 0 Å². The number of rotatable bonds is 5. The fourth-order valence-corrected chi connectivity index (χ4v) is 1.81. The van der Waals surface area contributed by atoms with E-state index >= 15 is 0 Å². The van der Waals surface area contributed by atoms with Crippen molar-refractivity contribution in [3.8, 4) is 0 Å². The second-order valence-electron chi connectivity index (χ2n) is 3.30. The van der Waals surface area contributed by atoms with E-state index in [2.05, 4.69) is 25.0 Å². The quantitative estimate of drug-likeness (QED) is 0.777. The Hall–Kier alpha value is -1.96. The zero-order valence-electron chi connectivity index (χ0n) is 8.92. The Morgan fingerprint density at radius 1 is 1.59 bits per heavy atom. The molecule has 0 aliphatic heterocycles. The number of carbonyl (C=O) groups excluding carboxylic acids is 1. The minimum atomic E-state index is -0.0983. The van der Waals surface area contributed by atoms with Gasteiger partial charge in [0.15, 0.2) is 11.0 Å². The zero-order valence-corrected chi connectivity index (χ0v) is 9.74. The molecule has 0 saturated carbocycles. The van der Waals surface area contributed by atoms with Crippen molar-refractivity contribution < 1.29 is 9.32 Å². The van der Waals surface area contributed by atoms with E-state index in [1.807, 2.05) is 0 Å². The molecule has 8 heteroatoms. The number of amides is 1. The molecule has 0 spiro atoms. The number of nitrogens with two attached hydrogens (primary N) is 1. The summed E-state index contributed by atoms with van der Waals surface area (Å²) in [7, 11) is 0. The third-order valence-corrected chi connectivity index (χ3v) is 2.71. The Morgan fingerprint density at radius 2 is 2.47 bits per heavy atom. The summed E-state index contributed by atoms with van der Waals surface area (Å²) in [6.07, 6.45) is 2.04. The van der Waals surface area contributed by atoms with Crippen LogP contribution < -0.4 is 11.1 Å². The molecule has 90 valence electrons. The van der Waals surface area contributed by atoms with Crippen molar-refractivity contribution in [2.75, 3.05) is 12.3 Å². The third kappa shape index (κ3) is 3.52. The average molecular weight is 253 g/mol. The number of thiazole rings is 1. The van der Waals surface area contributed by atoms with Crippen molar-refractivity contribution in [1.82, 2.24) is 20.4 Å². The lowest BCUT2D eigenvalue weighted by Crippen LogP contribution is -2.27. The molecule has 0 aromatic carbocycles. The highest BCUT2D eigenvalue weighted by Crippen LogP contribution is 2.11. The molecule has 0 aliphatic rings. The minimum Gasteiger partial charge on any atom is -0.375 e. The first-order valence-corrected chi connectivity index (χ1v) is 5.84. The van der Waals surface area contributed by atoms with Crippen LogP contribution in [0, 0.1) is 0 Å². The van der Waals surface area contributed by atoms with E-state index in [1.54, 1.807) is 5.38 Å². The number of anilines is 1. The van der Waals surface area contributed by atoms with Gasteiger partial charge >= 0.3 is 0 Å². The molecule has 0 unspecified atom stereocenters. The second kappa shape index (κ2) is 5.39. The molecule has 0 saturated heterocycles. The summed E-state index contributed by atoms with van der Waals surface area (Å²) in [5.74, 6) is 0.474. The molecule has 2 rings (SSSR count). The Morgan fingerprint density at radius 3 is 3.12 bits per heavy atom. The SMILES string of the molecule is Nc1nc(CC(=O)NCCc2ncon2)cs1. The maximum absolute atomic E-state index is 11.5. The van der Waals surface area contributed by atoms with E-state index in [4.69, 9.17) is 5.73 Å². The van der Waals surface area contributed by atoms with E-state index in [1.165, 1.54) is 17.7 Å². The molecule has 0 bridgehead atoms. The van der Waals surface area contributed by atoms with Gasteiger partial charge in [0.05, 0.1) is 12.1 Å². The van der Waals surface area contributed by atoms with Crippen molar-refractivity contribution >= 4 is 22.4 Å². The van der Waals surface area contributed by atoms with E-state index in [9.17, 15) is 4.79 Å². The lowest BCUT2D eigenvalue weighted by molar-refractivity contribution is -0.120. The van der Waals surface area contributed by atoms with Crippen LogP contribution in [0.4, 0.5) is 5.13 Å². The van der Waals surface area contributed by atoms with Gasteiger partial charge in [-0.1, -0.05) is 5.16 Å². The number of nitrogens with zero attached hydrogens (tertiary/aromatic N) is 3. The molecule has 0 fully saturated rings. The van der Waals surface area contributed by atoms with Crippen molar-refractivity contribution in [2.24, 2.45) is 0 Å². The molecule has 2 aromatic heterocycles. The fourth-order valence-electron chi connectivity index (χ4n) is 1.25. The minimum absolute atomic E-state index is 0.0983. The molecule has 2 aromatic rings. The Labute approximate surface area is 101 Å². The number of nitrogen functional groups attached to an aromatic ring is 1. The second-order valence-corrected chi connectivity index (χ2v) is 4.19. The molecule has 0 aliphatic carbocycles. The van der Waals surface area contributed by atoms with Gasteiger partial charge in [-0.15, -0.1) is 11.3 Å². The number of hydrogen-bond acceptors (Lipinski definition) is 7. The van der Waals surface area contributed by atoms with Crippen LogP contribution in [0.25, 0.3) is 0 Å². The van der Waals surface area contributed by atoms with Gasteiger partial charge in [-0.05, 0) is 0 Å². The van der Waals surface area contributed by atoms with Crippen LogP contribution in [0.15, 0.2) is 16.3 Å². The first-order valence-electron chi connectivity index (χ1n) is 4.96. The standard InChI is InChI=1S/C9H11N5O2S/c10-9-13-6(4-17-9)3-8(15)11-2-1-7-12-5-16-14-7/h4-5H,1-3H2,(H2,10,13)(H,11,15). The number of aromatic nitrogens is 3. The Kier molecular flexibility index (Phi) is 3.66.